The SMILES string of the molecule is CC(C)(C)c1ccc(OCCNc2ccc(OCCC3CCCCC3)cc2)cc1. The molecule has 0 heterocycles. The summed E-state index contributed by atoms with van der Waals surface area (Å²) in [5, 5.41) is 3.40. The van der Waals surface area contributed by atoms with Gasteiger partial charge in [-0.25, -0.2) is 0 Å². The van der Waals surface area contributed by atoms with E-state index in [9.17, 15) is 0 Å². The normalized spacial score (nSPS) is 15.1. The van der Waals surface area contributed by atoms with Gasteiger partial charge in [0.15, 0.2) is 0 Å². The Morgan fingerprint density at radius 1 is 0.793 bits per heavy atom. The van der Waals surface area contributed by atoms with Crippen LogP contribution in [0.2, 0.25) is 0 Å². The van der Waals surface area contributed by atoms with Crippen LogP contribution in [0.3, 0.4) is 0 Å². The molecule has 1 N–H and O–H groups in total. The Morgan fingerprint density at radius 2 is 1.38 bits per heavy atom. The molecule has 1 aliphatic carbocycles. The van der Waals surface area contributed by atoms with Gasteiger partial charge < -0.3 is 14.8 Å². The summed E-state index contributed by atoms with van der Waals surface area (Å²) >= 11 is 0. The second kappa shape index (κ2) is 10.6. The van der Waals surface area contributed by atoms with Crippen molar-refractivity contribution in [2.75, 3.05) is 25.1 Å². The molecule has 0 aliphatic heterocycles. The third-order valence-corrected chi connectivity index (χ3v) is 5.79. The van der Waals surface area contributed by atoms with Gasteiger partial charge in [0.1, 0.15) is 18.1 Å². The van der Waals surface area contributed by atoms with E-state index in [-0.39, 0.29) is 5.41 Å². The zero-order valence-corrected chi connectivity index (χ0v) is 18.4. The van der Waals surface area contributed by atoms with Gasteiger partial charge in [-0.1, -0.05) is 65.0 Å². The van der Waals surface area contributed by atoms with Gasteiger partial charge in [-0.05, 0) is 59.7 Å². The maximum Gasteiger partial charge on any atom is 0.119 e. The molecule has 2 aromatic carbocycles. The van der Waals surface area contributed by atoms with Gasteiger partial charge in [-0.2, -0.15) is 0 Å². The Kier molecular flexibility index (Phi) is 7.85. The molecular formula is C26H37NO2. The molecule has 1 fully saturated rings. The minimum Gasteiger partial charge on any atom is -0.494 e. The number of anilines is 1. The van der Waals surface area contributed by atoms with Crippen molar-refractivity contribution in [2.45, 2.75) is 64.7 Å². The standard InChI is InChI=1S/C26H37NO2/c1-26(2,3)22-9-13-24(14-10-22)29-20-18-27-23-11-15-25(16-12-23)28-19-17-21-7-5-4-6-8-21/h9-16,21,27H,4-8,17-20H2,1-3H3. The van der Waals surface area contributed by atoms with E-state index in [0.717, 1.165) is 36.3 Å². The van der Waals surface area contributed by atoms with Crippen LogP contribution in [-0.4, -0.2) is 19.8 Å². The molecule has 0 amide bonds. The van der Waals surface area contributed by atoms with Crippen molar-refractivity contribution in [3.05, 3.63) is 54.1 Å². The fourth-order valence-corrected chi connectivity index (χ4v) is 3.90. The molecule has 0 bridgehead atoms. The lowest BCUT2D eigenvalue weighted by Crippen LogP contribution is -2.12. The average Bonchev–Trinajstić information content (AvgIpc) is 2.73. The van der Waals surface area contributed by atoms with Gasteiger partial charge in [-0.15, -0.1) is 0 Å². The largest absolute Gasteiger partial charge is 0.494 e. The number of rotatable bonds is 9. The first kappa shape index (κ1) is 21.5. The molecule has 0 atom stereocenters. The van der Waals surface area contributed by atoms with Gasteiger partial charge in [0, 0.05) is 12.2 Å². The third-order valence-electron chi connectivity index (χ3n) is 5.79. The summed E-state index contributed by atoms with van der Waals surface area (Å²) < 4.78 is 11.8. The van der Waals surface area contributed by atoms with E-state index in [1.165, 1.54) is 44.1 Å². The highest BCUT2D eigenvalue weighted by Gasteiger charge is 2.13. The Hall–Kier alpha value is -2.16. The summed E-state index contributed by atoms with van der Waals surface area (Å²) in [6, 6.07) is 16.7. The average molecular weight is 396 g/mol. The van der Waals surface area contributed by atoms with Crippen LogP contribution in [-0.2, 0) is 5.41 Å². The van der Waals surface area contributed by atoms with E-state index >= 15 is 0 Å². The minimum atomic E-state index is 0.172. The first-order valence-corrected chi connectivity index (χ1v) is 11.2. The molecule has 29 heavy (non-hydrogen) atoms. The van der Waals surface area contributed by atoms with Crippen LogP contribution in [0.1, 0.15) is 64.9 Å². The van der Waals surface area contributed by atoms with Gasteiger partial charge in [0.25, 0.3) is 0 Å². The third kappa shape index (κ3) is 7.30. The highest BCUT2D eigenvalue weighted by molar-refractivity contribution is 5.46. The highest BCUT2D eigenvalue weighted by atomic mass is 16.5. The quantitative estimate of drug-likeness (QED) is 0.472. The maximum atomic E-state index is 5.93. The zero-order chi connectivity index (χ0) is 20.5. The van der Waals surface area contributed by atoms with Crippen LogP contribution in [0.15, 0.2) is 48.5 Å². The smallest absolute Gasteiger partial charge is 0.119 e. The van der Waals surface area contributed by atoms with Crippen LogP contribution in [0.4, 0.5) is 5.69 Å². The van der Waals surface area contributed by atoms with E-state index in [1.807, 2.05) is 0 Å². The molecule has 0 aromatic heterocycles. The van der Waals surface area contributed by atoms with Gasteiger partial charge >= 0.3 is 0 Å². The molecule has 0 saturated heterocycles. The van der Waals surface area contributed by atoms with Crippen molar-refractivity contribution in [1.29, 1.82) is 0 Å². The van der Waals surface area contributed by atoms with Crippen molar-refractivity contribution in [2.24, 2.45) is 5.92 Å². The lowest BCUT2D eigenvalue weighted by atomic mass is 9.87. The van der Waals surface area contributed by atoms with E-state index < -0.39 is 0 Å². The molecule has 3 rings (SSSR count). The molecule has 2 aromatic rings. The lowest BCUT2D eigenvalue weighted by Gasteiger charge is -2.21. The molecule has 0 radical (unpaired) electrons. The first-order valence-electron chi connectivity index (χ1n) is 11.2. The maximum absolute atomic E-state index is 5.93. The Labute approximate surface area is 176 Å². The summed E-state index contributed by atoms with van der Waals surface area (Å²) in [5.74, 6) is 2.75. The predicted octanol–water partition coefficient (Wildman–Crippen LogP) is 6.82. The molecule has 0 unspecified atom stereocenters. The summed E-state index contributed by atoms with van der Waals surface area (Å²) in [6.07, 6.45) is 8.17. The summed E-state index contributed by atoms with van der Waals surface area (Å²) in [5.41, 5.74) is 2.59. The summed E-state index contributed by atoms with van der Waals surface area (Å²) in [4.78, 5) is 0. The minimum absolute atomic E-state index is 0.172. The van der Waals surface area contributed by atoms with Gasteiger partial charge in [0.05, 0.1) is 6.61 Å². The molecule has 1 aliphatic rings. The topological polar surface area (TPSA) is 30.5 Å². The van der Waals surface area contributed by atoms with Crippen molar-refractivity contribution >= 4 is 5.69 Å². The van der Waals surface area contributed by atoms with E-state index in [1.54, 1.807) is 0 Å². The molecule has 1 saturated carbocycles. The number of ether oxygens (including phenoxy) is 2. The molecule has 0 spiro atoms. The van der Waals surface area contributed by atoms with Crippen LogP contribution in [0.5, 0.6) is 11.5 Å². The Balaban J connectivity index is 1.32. The van der Waals surface area contributed by atoms with Gasteiger partial charge in [0.2, 0.25) is 0 Å². The van der Waals surface area contributed by atoms with Crippen LogP contribution in [0.25, 0.3) is 0 Å². The first-order chi connectivity index (χ1) is 14.0. The molecule has 3 heteroatoms. The summed E-state index contributed by atoms with van der Waals surface area (Å²) in [6.45, 7) is 8.90. The second-order valence-corrected chi connectivity index (χ2v) is 9.22. The molecule has 3 nitrogen and oxygen atoms in total. The lowest BCUT2D eigenvalue weighted by molar-refractivity contribution is 0.246. The van der Waals surface area contributed by atoms with Crippen molar-refractivity contribution in [3.8, 4) is 11.5 Å². The predicted molar refractivity (Wildman–Crippen MR) is 122 cm³/mol. The number of nitrogens with one attached hydrogen (secondary N) is 1. The molecular weight excluding hydrogens is 358 g/mol. The Morgan fingerprint density at radius 3 is 2.00 bits per heavy atom. The molecule has 158 valence electrons. The van der Waals surface area contributed by atoms with Crippen LogP contribution < -0.4 is 14.8 Å². The van der Waals surface area contributed by atoms with E-state index in [4.69, 9.17) is 9.47 Å². The van der Waals surface area contributed by atoms with Crippen LogP contribution in [0, 0.1) is 5.92 Å². The summed E-state index contributed by atoms with van der Waals surface area (Å²) in [7, 11) is 0. The van der Waals surface area contributed by atoms with Crippen molar-refractivity contribution < 1.29 is 9.47 Å². The van der Waals surface area contributed by atoms with Gasteiger partial charge in [-0.3, -0.25) is 0 Å². The second-order valence-electron chi connectivity index (χ2n) is 9.22. The van der Waals surface area contributed by atoms with Crippen LogP contribution >= 0.6 is 0 Å². The van der Waals surface area contributed by atoms with Crippen molar-refractivity contribution in [1.82, 2.24) is 0 Å². The van der Waals surface area contributed by atoms with Crippen molar-refractivity contribution in [3.63, 3.8) is 0 Å². The Bertz CT molecular complexity index is 710. The van der Waals surface area contributed by atoms with E-state index in [0.29, 0.717) is 6.61 Å². The number of hydrogen-bond donors (Lipinski definition) is 1. The monoisotopic (exact) mass is 395 g/mol. The number of benzene rings is 2. The van der Waals surface area contributed by atoms with E-state index in [2.05, 4.69) is 74.6 Å². The number of hydrogen-bond acceptors (Lipinski definition) is 3. The highest BCUT2D eigenvalue weighted by Crippen LogP contribution is 2.27. The zero-order valence-electron chi connectivity index (χ0n) is 18.4. The fraction of sp³-hybridized carbons (Fsp3) is 0.538. The fourth-order valence-electron chi connectivity index (χ4n) is 3.90.